The van der Waals surface area contributed by atoms with Gasteiger partial charge < -0.3 is 14.6 Å². The maximum atomic E-state index is 12.3. The molecule has 2 saturated carbocycles. The first-order chi connectivity index (χ1) is 13.7. The summed E-state index contributed by atoms with van der Waals surface area (Å²) in [5.41, 5.74) is 2.06. The van der Waals surface area contributed by atoms with E-state index in [-0.39, 0.29) is 29.5 Å². The number of epoxide rings is 2. The van der Waals surface area contributed by atoms with Gasteiger partial charge in [0.05, 0.1) is 30.0 Å². The highest BCUT2D eigenvalue weighted by molar-refractivity contribution is 5.96. The van der Waals surface area contributed by atoms with Crippen LogP contribution in [-0.4, -0.2) is 40.9 Å². The van der Waals surface area contributed by atoms with Crippen molar-refractivity contribution in [1.29, 1.82) is 0 Å². The smallest absolute Gasteiger partial charge is 0.163 e. The Hall–Kier alpha value is -1.23. The fourth-order valence-electron chi connectivity index (χ4n) is 6.29. The first-order valence-corrected chi connectivity index (χ1v) is 11.1. The fourth-order valence-corrected chi connectivity index (χ4v) is 6.29. The summed E-state index contributed by atoms with van der Waals surface area (Å²) in [5, 5.41) is 9.25. The fraction of sp³-hybridized carbons (Fsp3) is 0.720. The standard InChI is InChI=1S/C25H36O4/c1-7-14(2)21-17(10-8-9-15(3)22(27)16(4)13-26)18-11-20-24(5,28-20)12-19(18)23-25(21,6)29-23/h7-10,16-21,23,26H,11-13H2,1-6H3/b10-8+,14-7-,15-9+/t16-,17-,18-,19+,20-,21-,23-,24+,25+/m0/s1. The molecule has 9 atom stereocenters. The molecule has 0 spiro atoms. The Bertz CT molecular complexity index is 780. The van der Waals surface area contributed by atoms with E-state index in [0.717, 1.165) is 12.8 Å². The van der Waals surface area contributed by atoms with Crippen LogP contribution >= 0.6 is 0 Å². The lowest BCUT2D eigenvalue weighted by Crippen LogP contribution is -2.48. The van der Waals surface area contributed by atoms with Gasteiger partial charge in [0.15, 0.2) is 5.78 Å². The second-order valence-electron chi connectivity index (χ2n) is 10.2. The number of ether oxygens (including phenoxy) is 2. The third-order valence-corrected chi connectivity index (χ3v) is 8.22. The summed E-state index contributed by atoms with van der Waals surface area (Å²) in [5.74, 6) is 1.49. The van der Waals surface area contributed by atoms with Crippen LogP contribution < -0.4 is 0 Å². The quantitative estimate of drug-likeness (QED) is 0.313. The molecular formula is C25H36O4. The summed E-state index contributed by atoms with van der Waals surface area (Å²) < 4.78 is 12.5. The zero-order valence-corrected chi connectivity index (χ0v) is 18.6. The van der Waals surface area contributed by atoms with E-state index in [1.54, 1.807) is 6.92 Å². The van der Waals surface area contributed by atoms with Gasteiger partial charge in [-0.1, -0.05) is 36.8 Å². The van der Waals surface area contributed by atoms with E-state index in [1.165, 1.54) is 5.57 Å². The topological polar surface area (TPSA) is 62.4 Å². The summed E-state index contributed by atoms with van der Waals surface area (Å²) in [4.78, 5) is 12.3. The van der Waals surface area contributed by atoms with E-state index in [0.29, 0.717) is 41.5 Å². The van der Waals surface area contributed by atoms with Gasteiger partial charge in [-0.15, -0.1) is 0 Å². The average Bonchev–Trinajstić information content (AvgIpc) is 3.57. The molecule has 160 valence electrons. The Morgan fingerprint density at radius 1 is 1.24 bits per heavy atom. The number of aliphatic hydroxyl groups excluding tert-OH is 1. The van der Waals surface area contributed by atoms with Crippen molar-refractivity contribution < 1.29 is 19.4 Å². The summed E-state index contributed by atoms with van der Waals surface area (Å²) in [6.07, 6.45) is 11.4. The van der Waals surface area contributed by atoms with E-state index in [4.69, 9.17) is 9.47 Å². The molecule has 29 heavy (non-hydrogen) atoms. The Kier molecular flexibility index (Phi) is 5.20. The van der Waals surface area contributed by atoms with Crippen molar-refractivity contribution in [2.45, 2.75) is 77.8 Å². The molecule has 4 nitrogen and oxygen atoms in total. The molecule has 1 N–H and O–H groups in total. The molecule has 0 aromatic carbocycles. The average molecular weight is 401 g/mol. The maximum absolute atomic E-state index is 12.3. The molecule has 2 heterocycles. The van der Waals surface area contributed by atoms with Crippen LogP contribution in [0.3, 0.4) is 0 Å². The van der Waals surface area contributed by atoms with Crippen molar-refractivity contribution in [2.24, 2.45) is 29.6 Å². The number of fused-ring (bicyclic) bond motifs is 4. The number of hydrogen-bond donors (Lipinski definition) is 1. The summed E-state index contributed by atoms with van der Waals surface area (Å²) in [6, 6.07) is 0. The summed E-state index contributed by atoms with van der Waals surface area (Å²) in [7, 11) is 0. The Labute approximate surface area is 175 Å². The molecule has 2 aliphatic carbocycles. The van der Waals surface area contributed by atoms with Crippen LogP contribution in [0.4, 0.5) is 0 Å². The molecule has 0 unspecified atom stereocenters. The van der Waals surface area contributed by atoms with Crippen LogP contribution in [0.25, 0.3) is 0 Å². The largest absolute Gasteiger partial charge is 0.396 e. The van der Waals surface area contributed by atoms with Crippen molar-refractivity contribution in [2.75, 3.05) is 6.61 Å². The van der Waals surface area contributed by atoms with Crippen molar-refractivity contribution in [3.8, 4) is 0 Å². The Morgan fingerprint density at radius 2 is 1.97 bits per heavy atom. The van der Waals surface area contributed by atoms with Crippen LogP contribution in [0.5, 0.6) is 0 Å². The number of ketones is 1. The number of Topliss-reactive ketones (excluding diaryl/α,β-unsaturated/α-hetero) is 1. The van der Waals surface area contributed by atoms with Crippen LogP contribution in [0.1, 0.15) is 54.4 Å². The predicted octanol–water partition coefficient (Wildman–Crippen LogP) is 4.24. The highest BCUT2D eigenvalue weighted by Crippen LogP contribution is 2.67. The molecule has 2 saturated heterocycles. The van der Waals surface area contributed by atoms with E-state index in [9.17, 15) is 9.90 Å². The monoisotopic (exact) mass is 400 g/mol. The summed E-state index contributed by atoms with van der Waals surface area (Å²) >= 11 is 0. The highest BCUT2D eigenvalue weighted by atomic mass is 16.6. The molecule has 2 aliphatic heterocycles. The van der Waals surface area contributed by atoms with Crippen molar-refractivity contribution in [1.82, 2.24) is 0 Å². The van der Waals surface area contributed by atoms with Crippen LogP contribution in [0, 0.1) is 29.6 Å². The van der Waals surface area contributed by atoms with Gasteiger partial charge in [0.1, 0.15) is 0 Å². The van der Waals surface area contributed by atoms with E-state index >= 15 is 0 Å². The van der Waals surface area contributed by atoms with E-state index in [1.807, 2.05) is 13.0 Å². The van der Waals surface area contributed by atoms with Crippen LogP contribution in [-0.2, 0) is 14.3 Å². The Balaban J connectivity index is 1.62. The van der Waals surface area contributed by atoms with Crippen molar-refractivity contribution >= 4 is 5.78 Å². The molecule has 0 aromatic rings. The van der Waals surface area contributed by atoms with E-state index in [2.05, 4.69) is 45.9 Å². The van der Waals surface area contributed by atoms with Gasteiger partial charge in [-0.2, -0.15) is 0 Å². The highest BCUT2D eigenvalue weighted by Gasteiger charge is 2.72. The first-order valence-electron chi connectivity index (χ1n) is 11.1. The van der Waals surface area contributed by atoms with Crippen LogP contribution in [0.15, 0.2) is 35.5 Å². The lowest BCUT2D eigenvalue weighted by Gasteiger charge is -2.45. The minimum absolute atomic E-state index is 0.0113. The van der Waals surface area contributed by atoms with Gasteiger partial charge in [-0.05, 0) is 70.8 Å². The normalized spacial score (nSPS) is 47.3. The molecule has 0 amide bonds. The molecule has 4 aliphatic rings. The second-order valence-corrected chi connectivity index (χ2v) is 10.2. The SMILES string of the molecule is C/C=C(/C)[C@H]1[C@@H](/C=C/C=C(\C)C(=O)[C@@H](C)CO)[C@@H]2C[C@@H]3O[C@]3(C)C[C@H]2[C@@H]2O[C@@]21C. The molecule has 4 rings (SSSR count). The van der Waals surface area contributed by atoms with Gasteiger partial charge in [-0.25, -0.2) is 0 Å². The van der Waals surface area contributed by atoms with Gasteiger partial charge in [-0.3, -0.25) is 4.79 Å². The van der Waals surface area contributed by atoms with Crippen molar-refractivity contribution in [3.05, 3.63) is 35.5 Å². The van der Waals surface area contributed by atoms with Gasteiger partial charge in [0, 0.05) is 11.8 Å². The molecule has 4 fully saturated rings. The van der Waals surface area contributed by atoms with Gasteiger partial charge in [0.25, 0.3) is 0 Å². The molecule has 0 bridgehead atoms. The molecule has 4 heteroatoms. The third-order valence-electron chi connectivity index (χ3n) is 8.22. The lowest BCUT2D eigenvalue weighted by atomic mass is 9.55. The van der Waals surface area contributed by atoms with Gasteiger partial charge in [0.2, 0.25) is 0 Å². The second kappa shape index (κ2) is 7.18. The zero-order chi connectivity index (χ0) is 21.1. The van der Waals surface area contributed by atoms with Gasteiger partial charge >= 0.3 is 0 Å². The number of carbonyl (C=O) groups excluding carboxylic acids is 1. The minimum Gasteiger partial charge on any atom is -0.396 e. The van der Waals surface area contributed by atoms with Crippen molar-refractivity contribution in [3.63, 3.8) is 0 Å². The minimum atomic E-state index is -0.348. The Morgan fingerprint density at radius 3 is 2.62 bits per heavy atom. The lowest BCUT2D eigenvalue weighted by molar-refractivity contribution is -0.119. The number of allylic oxidation sites excluding steroid dienone is 5. The number of aliphatic hydroxyl groups is 1. The maximum Gasteiger partial charge on any atom is 0.163 e. The number of hydrogen-bond acceptors (Lipinski definition) is 4. The van der Waals surface area contributed by atoms with E-state index < -0.39 is 0 Å². The predicted molar refractivity (Wildman–Crippen MR) is 113 cm³/mol. The zero-order valence-electron chi connectivity index (χ0n) is 18.6. The number of carbonyl (C=O) groups is 1. The molecular weight excluding hydrogens is 364 g/mol. The third kappa shape index (κ3) is 3.37. The first kappa shape index (κ1) is 21.0. The molecule has 0 aromatic heterocycles. The van der Waals surface area contributed by atoms with Crippen LogP contribution in [0.2, 0.25) is 0 Å². The molecule has 0 radical (unpaired) electrons. The number of rotatable bonds is 6. The summed E-state index contributed by atoms with van der Waals surface area (Å²) in [6.45, 7) is 12.4.